The minimum atomic E-state index is -0.296. The van der Waals surface area contributed by atoms with E-state index < -0.39 is 0 Å². The van der Waals surface area contributed by atoms with Crippen LogP contribution in [0.3, 0.4) is 0 Å². The maximum absolute atomic E-state index is 12.1. The van der Waals surface area contributed by atoms with Gasteiger partial charge in [-0.1, -0.05) is 0 Å². The molecular weight excluding hydrogens is 302 g/mol. The van der Waals surface area contributed by atoms with E-state index in [-0.39, 0.29) is 30.0 Å². The van der Waals surface area contributed by atoms with Crippen LogP contribution in [0.4, 0.5) is 0 Å². The van der Waals surface area contributed by atoms with E-state index in [0.717, 1.165) is 13.0 Å². The smallest absolute Gasteiger partial charge is 0.280 e. The van der Waals surface area contributed by atoms with Gasteiger partial charge < -0.3 is 24.2 Å². The molecule has 8 nitrogen and oxygen atoms in total. The van der Waals surface area contributed by atoms with E-state index in [4.69, 9.17) is 14.0 Å². The van der Waals surface area contributed by atoms with Crippen molar-refractivity contribution in [1.29, 1.82) is 0 Å². The summed E-state index contributed by atoms with van der Waals surface area (Å²) in [6, 6.07) is 1.21. The second-order valence-electron chi connectivity index (χ2n) is 5.93. The van der Waals surface area contributed by atoms with E-state index in [1.54, 1.807) is 0 Å². The van der Waals surface area contributed by atoms with Gasteiger partial charge in [0.1, 0.15) is 5.76 Å². The Bertz CT molecular complexity index is 539. The number of hydrogen-bond donors (Lipinski definition) is 2. The number of ether oxygens (including phenoxy) is 2. The van der Waals surface area contributed by atoms with Crippen LogP contribution in [0.15, 0.2) is 15.4 Å². The predicted molar refractivity (Wildman–Crippen MR) is 83.3 cm³/mol. The summed E-state index contributed by atoms with van der Waals surface area (Å²) in [4.78, 5) is 25.1. The Morgan fingerprint density at radius 3 is 3.04 bits per heavy atom. The molecule has 2 N–H and O–H groups in total. The number of likely N-dealkylation sites (N-methyl/N-ethyl adjacent to an activating group) is 1. The molecule has 1 aliphatic heterocycles. The predicted octanol–water partition coefficient (Wildman–Crippen LogP) is -0.248. The normalized spacial score (nSPS) is 21.5. The first-order chi connectivity index (χ1) is 11.0. The first-order valence-electron chi connectivity index (χ1n) is 7.85. The number of rotatable bonds is 8. The number of carbonyl (C=O) groups excluding carboxylic acids is 1. The average molecular weight is 327 g/mol. The third-order valence-electron chi connectivity index (χ3n) is 3.68. The van der Waals surface area contributed by atoms with Crippen molar-refractivity contribution in [3.8, 4) is 0 Å². The Morgan fingerprint density at radius 2 is 2.35 bits per heavy atom. The van der Waals surface area contributed by atoms with Crippen LogP contribution in [0.2, 0.25) is 0 Å². The Labute approximate surface area is 135 Å². The number of H-pyrrole nitrogens is 1. The number of amides is 1. The molecule has 1 aliphatic rings. The van der Waals surface area contributed by atoms with Gasteiger partial charge in [-0.15, -0.1) is 0 Å². The van der Waals surface area contributed by atoms with Gasteiger partial charge in [0.15, 0.2) is 0 Å². The number of nitrogens with one attached hydrogen (secondary N) is 2. The lowest BCUT2D eigenvalue weighted by molar-refractivity contribution is -0.126. The van der Waals surface area contributed by atoms with Gasteiger partial charge in [0.05, 0.1) is 25.4 Å². The van der Waals surface area contributed by atoms with Crippen molar-refractivity contribution < 1.29 is 18.8 Å². The molecule has 0 bridgehead atoms. The first kappa shape index (κ1) is 17.7. The molecule has 1 fully saturated rings. The number of aryl methyl sites for hydroxylation is 1. The van der Waals surface area contributed by atoms with Crippen molar-refractivity contribution in [2.24, 2.45) is 0 Å². The minimum absolute atomic E-state index is 0.0298. The van der Waals surface area contributed by atoms with E-state index >= 15 is 0 Å². The van der Waals surface area contributed by atoms with Gasteiger partial charge in [-0.05, 0) is 20.5 Å². The van der Waals surface area contributed by atoms with Gasteiger partial charge in [0, 0.05) is 32.1 Å². The van der Waals surface area contributed by atoms with Crippen LogP contribution in [-0.2, 0) is 20.7 Å². The molecule has 0 aromatic carbocycles. The molecule has 0 saturated carbocycles. The zero-order valence-corrected chi connectivity index (χ0v) is 13.7. The van der Waals surface area contributed by atoms with Crippen molar-refractivity contribution >= 4 is 5.91 Å². The largest absolute Gasteiger partial charge is 0.384 e. The molecule has 23 heavy (non-hydrogen) atoms. The second kappa shape index (κ2) is 8.85. The summed E-state index contributed by atoms with van der Waals surface area (Å²) in [5, 5.41) is 5.16. The molecule has 1 amide bonds. The van der Waals surface area contributed by atoms with E-state index in [2.05, 4.69) is 15.4 Å². The molecule has 130 valence electrons. The summed E-state index contributed by atoms with van der Waals surface area (Å²) in [6.45, 7) is 2.56. The van der Waals surface area contributed by atoms with E-state index in [0.29, 0.717) is 32.0 Å². The highest BCUT2D eigenvalue weighted by atomic mass is 16.5. The minimum Gasteiger partial charge on any atom is -0.384 e. The first-order valence-corrected chi connectivity index (χ1v) is 7.85. The van der Waals surface area contributed by atoms with Gasteiger partial charge in [0.25, 0.3) is 5.56 Å². The zero-order chi connectivity index (χ0) is 16.7. The summed E-state index contributed by atoms with van der Waals surface area (Å²) in [6.07, 6.45) is 1.37. The zero-order valence-electron chi connectivity index (χ0n) is 13.7. The highest BCUT2D eigenvalue weighted by Crippen LogP contribution is 2.12. The van der Waals surface area contributed by atoms with Crippen molar-refractivity contribution in [2.45, 2.75) is 31.4 Å². The third kappa shape index (κ3) is 6.17. The molecule has 1 aromatic heterocycles. The topological polar surface area (TPSA) is 96.8 Å². The number of nitrogens with zero attached hydrogens (tertiary/aromatic N) is 1. The fourth-order valence-corrected chi connectivity index (χ4v) is 2.40. The van der Waals surface area contributed by atoms with Gasteiger partial charge in [-0.2, -0.15) is 5.16 Å². The molecule has 0 aliphatic carbocycles. The van der Waals surface area contributed by atoms with Crippen LogP contribution in [0.1, 0.15) is 18.6 Å². The monoisotopic (exact) mass is 327 g/mol. The summed E-state index contributed by atoms with van der Waals surface area (Å²) >= 11 is 0. The number of aromatic nitrogens is 1. The highest BCUT2D eigenvalue weighted by Gasteiger charge is 2.27. The van der Waals surface area contributed by atoms with Gasteiger partial charge in [0.2, 0.25) is 5.91 Å². The highest BCUT2D eigenvalue weighted by molar-refractivity contribution is 5.76. The Kier molecular flexibility index (Phi) is 6.82. The van der Waals surface area contributed by atoms with Crippen LogP contribution >= 0.6 is 0 Å². The molecule has 1 aromatic rings. The summed E-state index contributed by atoms with van der Waals surface area (Å²) < 4.78 is 16.2. The molecule has 2 rings (SSSR count). The second-order valence-corrected chi connectivity index (χ2v) is 5.93. The third-order valence-corrected chi connectivity index (χ3v) is 3.68. The molecule has 0 unspecified atom stereocenters. The van der Waals surface area contributed by atoms with Gasteiger partial charge >= 0.3 is 0 Å². The Morgan fingerprint density at radius 1 is 1.52 bits per heavy atom. The van der Waals surface area contributed by atoms with Gasteiger partial charge in [-0.3, -0.25) is 9.59 Å². The molecule has 0 spiro atoms. The van der Waals surface area contributed by atoms with E-state index in [9.17, 15) is 9.59 Å². The van der Waals surface area contributed by atoms with Gasteiger partial charge in [-0.25, -0.2) is 0 Å². The van der Waals surface area contributed by atoms with Crippen LogP contribution < -0.4 is 10.9 Å². The molecular formula is C15H25N3O5. The summed E-state index contributed by atoms with van der Waals surface area (Å²) in [5.74, 6) is 0.370. The fourth-order valence-electron chi connectivity index (χ4n) is 2.40. The molecule has 8 heteroatoms. The van der Waals surface area contributed by atoms with Crippen LogP contribution in [-0.4, -0.2) is 68.6 Å². The maximum Gasteiger partial charge on any atom is 0.280 e. The summed E-state index contributed by atoms with van der Waals surface area (Å²) in [7, 11) is 3.98. The average Bonchev–Trinajstić information content (AvgIpc) is 2.92. The van der Waals surface area contributed by atoms with Crippen molar-refractivity contribution in [2.75, 3.05) is 40.5 Å². The lowest BCUT2D eigenvalue weighted by Crippen LogP contribution is -2.51. The number of hydrogen-bond acceptors (Lipinski definition) is 6. The van der Waals surface area contributed by atoms with Crippen LogP contribution in [0.5, 0.6) is 0 Å². The summed E-state index contributed by atoms with van der Waals surface area (Å²) in [5.41, 5.74) is -0.296. The van der Waals surface area contributed by atoms with Crippen molar-refractivity contribution in [3.05, 3.63) is 22.2 Å². The molecule has 2 heterocycles. The maximum atomic E-state index is 12.1. The van der Waals surface area contributed by atoms with Crippen LogP contribution in [0.25, 0.3) is 0 Å². The standard InChI is InChI=1S/C15H25N3O5/c1-18(2)6-8-22-13-5-7-21-10-12(13)16-14(19)4-3-11-9-15(20)17-23-11/h9,12-13H,3-8,10H2,1-2H3,(H,16,19)(H,17,20)/t12-,13+/m1/s1. The van der Waals surface area contributed by atoms with Crippen molar-refractivity contribution in [1.82, 2.24) is 15.4 Å². The number of aromatic amines is 1. The molecule has 2 atom stereocenters. The Hall–Kier alpha value is -1.64. The fraction of sp³-hybridized carbons (Fsp3) is 0.733. The molecule has 0 radical (unpaired) electrons. The van der Waals surface area contributed by atoms with E-state index in [1.165, 1.54) is 6.07 Å². The quantitative estimate of drug-likeness (QED) is 0.684. The molecule has 1 saturated heterocycles. The lowest BCUT2D eigenvalue weighted by atomic mass is 10.1. The lowest BCUT2D eigenvalue weighted by Gasteiger charge is -2.32. The van der Waals surface area contributed by atoms with Crippen LogP contribution in [0, 0.1) is 0 Å². The Balaban J connectivity index is 1.76. The SMILES string of the molecule is CN(C)CCO[C@H]1CCOC[C@H]1NC(=O)CCc1cc(=O)[nH]o1. The van der Waals surface area contributed by atoms with Crippen molar-refractivity contribution in [3.63, 3.8) is 0 Å². The number of carbonyl (C=O) groups is 1. The van der Waals surface area contributed by atoms with E-state index in [1.807, 2.05) is 14.1 Å².